The minimum absolute atomic E-state index is 0.162. The summed E-state index contributed by atoms with van der Waals surface area (Å²) in [5.41, 5.74) is 6.78. The molecule has 17 heavy (non-hydrogen) atoms. The minimum Gasteiger partial charge on any atom is -0.382 e. The summed E-state index contributed by atoms with van der Waals surface area (Å²) >= 11 is 0. The SMILES string of the molecule is CCOCCCNC(=O)c1ccc(CN)cn1. The average Bonchev–Trinajstić information content (AvgIpc) is 2.38. The number of carbonyl (C=O) groups excluding carboxylic acids is 1. The maximum absolute atomic E-state index is 11.6. The second-order valence-electron chi connectivity index (χ2n) is 3.56. The average molecular weight is 237 g/mol. The zero-order valence-electron chi connectivity index (χ0n) is 10.1. The molecule has 3 N–H and O–H groups in total. The number of hydrogen-bond donors (Lipinski definition) is 2. The van der Waals surface area contributed by atoms with Crippen LogP contribution in [-0.4, -0.2) is 30.6 Å². The Balaban J connectivity index is 2.31. The summed E-state index contributed by atoms with van der Waals surface area (Å²) in [7, 11) is 0. The van der Waals surface area contributed by atoms with Gasteiger partial charge in [0.1, 0.15) is 5.69 Å². The van der Waals surface area contributed by atoms with Crippen molar-refractivity contribution in [1.29, 1.82) is 0 Å². The Bertz CT molecular complexity index is 338. The van der Waals surface area contributed by atoms with Gasteiger partial charge in [0.15, 0.2) is 0 Å². The lowest BCUT2D eigenvalue weighted by molar-refractivity contribution is 0.0939. The lowest BCUT2D eigenvalue weighted by Crippen LogP contribution is -2.26. The number of nitrogens with one attached hydrogen (secondary N) is 1. The van der Waals surface area contributed by atoms with Crippen molar-refractivity contribution >= 4 is 5.91 Å². The highest BCUT2D eigenvalue weighted by molar-refractivity contribution is 5.92. The van der Waals surface area contributed by atoms with Crippen molar-refractivity contribution in [2.75, 3.05) is 19.8 Å². The van der Waals surface area contributed by atoms with Gasteiger partial charge in [-0.05, 0) is 25.0 Å². The van der Waals surface area contributed by atoms with Gasteiger partial charge in [0.05, 0.1) is 0 Å². The first kappa shape index (κ1) is 13.6. The molecular formula is C12H19N3O2. The molecule has 0 bridgehead atoms. The quantitative estimate of drug-likeness (QED) is 0.684. The van der Waals surface area contributed by atoms with E-state index in [9.17, 15) is 4.79 Å². The lowest BCUT2D eigenvalue weighted by Gasteiger charge is -2.05. The van der Waals surface area contributed by atoms with Crippen LogP contribution in [0, 0.1) is 0 Å². The summed E-state index contributed by atoms with van der Waals surface area (Å²) in [6.45, 7) is 4.34. The molecule has 0 spiro atoms. The third kappa shape index (κ3) is 4.93. The van der Waals surface area contributed by atoms with Crippen molar-refractivity contribution in [2.24, 2.45) is 5.73 Å². The molecule has 0 saturated carbocycles. The van der Waals surface area contributed by atoms with E-state index in [0.29, 0.717) is 32.0 Å². The van der Waals surface area contributed by atoms with Crippen molar-refractivity contribution in [3.8, 4) is 0 Å². The number of rotatable bonds is 7. The molecule has 5 nitrogen and oxygen atoms in total. The Kier molecular flexibility index (Phi) is 6.21. The summed E-state index contributed by atoms with van der Waals surface area (Å²) < 4.78 is 5.17. The summed E-state index contributed by atoms with van der Waals surface area (Å²) in [5, 5.41) is 2.78. The van der Waals surface area contributed by atoms with E-state index < -0.39 is 0 Å². The maximum Gasteiger partial charge on any atom is 0.269 e. The summed E-state index contributed by atoms with van der Waals surface area (Å²) in [6, 6.07) is 3.49. The molecule has 0 aliphatic carbocycles. The Hall–Kier alpha value is -1.46. The van der Waals surface area contributed by atoms with E-state index in [4.69, 9.17) is 10.5 Å². The van der Waals surface area contributed by atoms with E-state index in [1.807, 2.05) is 13.0 Å². The molecule has 1 amide bonds. The van der Waals surface area contributed by atoms with E-state index in [0.717, 1.165) is 12.0 Å². The molecular weight excluding hydrogens is 218 g/mol. The highest BCUT2D eigenvalue weighted by Gasteiger charge is 2.05. The number of hydrogen-bond acceptors (Lipinski definition) is 4. The lowest BCUT2D eigenvalue weighted by atomic mass is 10.2. The zero-order chi connectivity index (χ0) is 12.5. The van der Waals surface area contributed by atoms with Gasteiger partial charge in [0.2, 0.25) is 0 Å². The van der Waals surface area contributed by atoms with Crippen LogP contribution in [0.5, 0.6) is 0 Å². The van der Waals surface area contributed by atoms with Gasteiger partial charge in [-0.15, -0.1) is 0 Å². The fourth-order valence-corrected chi connectivity index (χ4v) is 1.29. The van der Waals surface area contributed by atoms with Crippen LogP contribution >= 0.6 is 0 Å². The van der Waals surface area contributed by atoms with Crippen LogP contribution in [0.25, 0.3) is 0 Å². The third-order valence-corrected chi connectivity index (χ3v) is 2.25. The van der Waals surface area contributed by atoms with E-state index in [1.54, 1.807) is 12.3 Å². The van der Waals surface area contributed by atoms with Crippen LogP contribution in [0.3, 0.4) is 0 Å². The molecule has 0 aliphatic rings. The van der Waals surface area contributed by atoms with Crippen molar-refractivity contribution in [3.05, 3.63) is 29.6 Å². The number of ether oxygens (including phenoxy) is 1. The zero-order valence-corrected chi connectivity index (χ0v) is 10.1. The van der Waals surface area contributed by atoms with Crippen molar-refractivity contribution in [3.63, 3.8) is 0 Å². The number of carbonyl (C=O) groups is 1. The van der Waals surface area contributed by atoms with Gasteiger partial charge in [-0.25, -0.2) is 0 Å². The fraction of sp³-hybridized carbons (Fsp3) is 0.500. The van der Waals surface area contributed by atoms with E-state index in [1.165, 1.54) is 0 Å². The first-order valence-corrected chi connectivity index (χ1v) is 5.79. The Morgan fingerprint density at radius 3 is 2.94 bits per heavy atom. The Morgan fingerprint density at radius 2 is 2.35 bits per heavy atom. The van der Waals surface area contributed by atoms with Crippen molar-refractivity contribution in [2.45, 2.75) is 19.9 Å². The monoisotopic (exact) mass is 237 g/mol. The molecule has 1 aromatic rings. The van der Waals surface area contributed by atoms with Gasteiger partial charge in [-0.3, -0.25) is 9.78 Å². The molecule has 0 atom stereocenters. The van der Waals surface area contributed by atoms with Crippen LogP contribution in [0.1, 0.15) is 29.4 Å². The fourth-order valence-electron chi connectivity index (χ4n) is 1.29. The highest BCUT2D eigenvalue weighted by atomic mass is 16.5. The van der Waals surface area contributed by atoms with Gasteiger partial charge in [0, 0.05) is 32.5 Å². The molecule has 1 heterocycles. The summed E-state index contributed by atoms with van der Waals surface area (Å²) in [4.78, 5) is 15.7. The van der Waals surface area contributed by atoms with Crippen molar-refractivity contribution < 1.29 is 9.53 Å². The largest absolute Gasteiger partial charge is 0.382 e. The van der Waals surface area contributed by atoms with Crippen LogP contribution in [0.4, 0.5) is 0 Å². The Labute approximate surface area is 101 Å². The number of pyridine rings is 1. The molecule has 1 rings (SSSR count). The topological polar surface area (TPSA) is 77.2 Å². The predicted molar refractivity (Wildman–Crippen MR) is 65.6 cm³/mol. The summed E-state index contributed by atoms with van der Waals surface area (Å²) in [6.07, 6.45) is 2.43. The van der Waals surface area contributed by atoms with Crippen LogP contribution < -0.4 is 11.1 Å². The molecule has 5 heteroatoms. The van der Waals surface area contributed by atoms with Gasteiger partial charge in [-0.2, -0.15) is 0 Å². The minimum atomic E-state index is -0.162. The van der Waals surface area contributed by atoms with Crippen LogP contribution in [-0.2, 0) is 11.3 Å². The van der Waals surface area contributed by atoms with E-state index in [2.05, 4.69) is 10.3 Å². The molecule has 0 unspecified atom stereocenters. The molecule has 0 aromatic carbocycles. The predicted octanol–water partition coefficient (Wildman–Crippen LogP) is 0.697. The standard InChI is InChI=1S/C12H19N3O2/c1-2-17-7-3-6-14-12(16)11-5-4-10(8-13)9-15-11/h4-5,9H,2-3,6-8,13H2,1H3,(H,14,16). The molecule has 0 aliphatic heterocycles. The normalized spacial score (nSPS) is 10.2. The number of amides is 1. The molecule has 0 fully saturated rings. The molecule has 0 saturated heterocycles. The summed E-state index contributed by atoms with van der Waals surface area (Å²) in [5.74, 6) is -0.162. The maximum atomic E-state index is 11.6. The highest BCUT2D eigenvalue weighted by Crippen LogP contribution is 1.99. The smallest absolute Gasteiger partial charge is 0.269 e. The molecule has 94 valence electrons. The van der Waals surface area contributed by atoms with Crippen molar-refractivity contribution in [1.82, 2.24) is 10.3 Å². The number of nitrogens with two attached hydrogens (primary N) is 1. The Morgan fingerprint density at radius 1 is 1.53 bits per heavy atom. The van der Waals surface area contributed by atoms with Crippen LogP contribution in [0.15, 0.2) is 18.3 Å². The van der Waals surface area contributed by atoms with Gasteiger partial charge in [0.25, 0.3) is 5.91 Å². The molecule has 0 radical (unpaired) electrons. The van der Waals surface area contributed by atoms with Gasteiger partial charge < -0.3 is 15.8 Å². The van der Waals surface area contributed by atoms with Crippen LogP contribution in [0.2, 0.25) is 0 Å². The van der Waals surface area contributed by atoms with E-state index in [-0.39, 0.29) is 5.91 Å². The first-order chi connectivity index (χ1) is 8.27. The first-order valence-electron chi connectivity index (χ1n) is 5.79. The van der Waals surface area contributed by atoms with Gasteiger partial charge in [-0.1, -0.05) is 6.07 Å². The number of nitrogens with zero attached hydrogens (tertiary/aromatic N) is 1. The second kappa shape index (κ2) is 7.76. The third-order valence-electron chi connectivity index (χ3n) is 2.25. The molecule has 1 aromatic heterocycles. The second-order valence-corrected chi connectivity index (χ2v) is 3.56. The van der Waals surface area contributed by atoms with Gasteiger partial charge >= 0.3 is 0 Å². The number of aromatic nitrogens is 1. The van der Waals surface area contributed by atoms with E-state index >= 15 is 0 Å².